The molecule has 0 radical (unpaired) electrons. The average Bonchev–Trinajstić information content (AvgIpc) is 3.51. The van der Waals surface area contributed by atoms with Crippen LogP contribution in [0.4, 0.5) is 14.6 Å². The summed E-state index contributed by atoms with van der Waals surface area (Å²) < 4.78 is 49.9. The van der Waals surface area contributed by atoms with E-state index < -0.39 is 25.8 Å². The van der Waals surface area contributed by atoms with Crippen LogP contribution in [0, 0.1) is 5.82 Å². The maximum Gasteiger partial charge on any atom is 0.319 e. The first-order valence-electron chi connectivity index (χ1n) is 17.2. The number of fused-ring (bicyclic) bond motifs is 2. The van der Waals surface area contributed by atoms with Crippen molar-refractivity contribution in [2.45, 2.75) is 69.3 Å². The van der Waals surface area contributed by atoms with E-state index in [4.69, 9.17) is 30.5 Å². The Bertz CT molecular complexity index is 1730. The third-order valence-corrected chi connectivity index (χ3v) is 15.7. The second-order valence-corrected chi connectivity index (χ2v) is 19.2. The topological polar surface area (TPSA) is 72.8 Å². The monoisotopic (exact) mass is 707 g/mol. The molecule has 2 aromatic heterocycles. The fourth-order valence-electron chi connectivity index (χ4n) is 8.12. The van der Waals surface area contributed by atoms with Crippen molar-refractivity contribution in [3.8, 4) is 6.01 Å². The van der Waals surface area contributed by atoms with Crippen molar-refractivity contribution in [1.82, 2.24) is 19.9 Å². The second kappa shape index (κ2) is 13.8. The van der Waals surface area contributed by atoms with Crippen LogP contribution in [0.3, 0.4) is 0 Å². The molecule has 0 saturated carbocycles. The van der Waals surface area contributed by atoms with Crippen molar-refractivity contribution in [3.63, 3.8) is 0 Å². The summed E-state index contributed by atoms with van der Waals surface area (Å²) in [6.07, 6.45) is 3.30. The zero-order chi connectivity index (χ0) is 34.2. The maximum absolute atomic E-state index is 15.5. The second-order valence-electron chi connectivity index (χ2n) is 14.6. The van der Waals surface area contributed by atoms with Crippen LogP contribution in [0.5, 0.6) is 6.01 Å². The molecule has 1 unspecified atom stereocenters. The Kier molecular flexibility index (Phi) is 9.66. The number of nitrogens with zero attached hydrogens (tertiary/aromatic N) is 5. The van der Waals surface area contributed by atoms with E-state index in [1.54, 1.807) is 0 Å². The lowest BCUT2D eigenvalue weighted by Crippen LogP contribution is -2.67. The van der Waals surface area contributed by atoms with Gasteiger partial charge in [0.05, 0.1) is 23.6 Å². The van der Waals surface area contributed by atoms with Gasteiger partial charge >= 0.3 is 6.01 Å². The summed E-state index contributed by atoms with van der Waals surface area (Å²) >= 11 is 6.14. The van der Waals surface area contributed by atoms with Gasteiger partial charge in [0.15, 0.2) is 11.0 Å². The number of pyridine rings is 1. The number of benzene rings is 2. The van der Waals surface area contributed by atoms with Gasteiger partial charge in [-0.05, 0) is 41.2 Å². The Hall–Kier alpha value is -3.22. The molecule has 3 aliphatic heterocycles. The molecule has 12 heteroatoms. The highest BCUT2D eigenvalue weighted by Crippen LogP contribution is 2.41. The Morgan fingerprint density at radius 1 is 1.00 bits per heavy atom. The quantitative estimate of drug-likeness (QED) is 0.156. The largest absolute Gasteiger partial charge is 0.461 e. The molecule has 2 aromatic carbocycles. The first kappa shape index (κ1) is 34.2. The molecule has 7 rings (SSSR count). The predicted molar refractivity (Wildman–Crippen MR) is 191 cm³/mol. The lowest BCUT2D eigenvalue weighted by molar-refractivity contribution is 0.0313. The number of halogens is 3. The lowest BCUT2D eigenvalue weighted by atomic mass is 9.95. The molecular weight excluding hydrogens is 664 g/mol. The normalized spacial score (nSPS) is 23.5. The first-order valence-corrected chi connectivity index (χ1v) is 19.5. The molecule has 3 fully saturated rings. The van der Waals surface area contributed by atoms with Crippen molar-refractivity contribution in [2.24, 2.45) is 0 Å². The van der Waals surface area contributed by atoms with Crippen molar-refractivity contribution in [3.05, 3.63) is 77.8 Å². The fourth-order valence-corrected chi connectivity index (χ4v) is 12.9. The summed E-state index contributed by atoms with van der Waals surface area (Å²) in [5.41, 5.74) is -0.354. The van der Waals surface area contributed by atoms with Crippen molar-refractivity contribution in [2.75, 3.05) is 50.9 Å². The maximum atomic E-state index is 15.5. The number of anilines is 1. The fraction of sp³-hybridized carbons (Fsp3) is 0.486. The van der Waals surface area contributed by atoms with E-state index in [1.165, 1.54) is 16.6 Å². The average molecular weight is 708 g/mol. The molecule has 0 aliphatic carbocycles. The van der Waals surface area contributed by atoms with Gasteiger partial charge in [0.25, 0.3) is 8.32 Å². The van der Waals surface area contributed by atoms with Gasteiger partial charge in [-0.15, -0.1) is 0 Å². The van der Waals surface area contributed by atoms with Gasteiger partial charge in [0.2, 0.25) is 0 Å². The van der Waals surface area contributed by atoms with Crippen LogP contribution in [0.2, 0.25) is 10.2 Å². The molecule has 49 heavy (non-hydrogen) atoms. The minimum absolute atomic E-state index is 0.0393. The zero-order valence-corrected chi connectivity index (χ0v) is 30.1. The minimum atomic E-state index is -2.81. The van der Waals surface area contributed by atoms with Gasteiger partial charge in [-0.2, -0.15) is 9.97 Å². The van der Waals surface area contributed by atoms with Gasteiger partial charge in [0.1, 0.15) is 24.1 Å². The van der Waals surface area contributed by atoms with E-state index in [1.807, 2.05) is 12.1 Å². The Labute approximate surface area is 292 Å². The number of alkyl halides is 1. The predicted octanol–water partition coefficient (Wildman–Crippen LogP) is 5.94. The Balaban J connectivity index is 1.19. The molecule has 3 saturated heterocycles. The van der Waals surface area contributed by atoms with Gasteiger partial charge in [-0.3, -0.25) is 4.90 Å². The van der Waals surface area contributed by atoms with Crippen LogP contribution >= 0.6 is 11.6 Å². The summed E-state index contributed by atoms with van der Waals surface area (Å²) in [5.74, 6) is -0.227. The molecule has 0 bridgehead atoms. The summed E-state index contributed by atoms with van der Waals surface area (Å²) in [7, 11) is -2.81. The number of ether oxygens (including phenoxy) is 2. The summed E-state index contributed by atoms with van der Waals surface area (Å²) in [4.78, 5) is 17.7. The molecule has 0 spiro atoms. The van der Waals surface area contributed by atoms with Crippen LogP contribution in [0.25, 0.3) is 10.9 Å². The smallest absolute Gasteiger partial charge is 0.319 e. The number of aromatic nitrogens is 3. The van der Waals surface area contributed by atoms with E-state index in [-0.39, 0.29) is 34.4 Å². The van der Waals surface area contributed by atoms with Crippen LogP contribution in [0.1, 0.15) is 46.5 Å². The molecule has 0 N–H and O–H groups in total. The van der Waals surface area contributed by atoms with Crippen LogP contribution in [-0.2, 0) is 9.16 Å². The van der Waals surface area contributed by atoms with Crippen molar-refractivity contribution < 1.29 is 22.7 Å². The van der Waals surface area contributed by atoms with E-state index in [9.17, 15) is 4.39 Å². The third-order valence-electron chi connectivity index (χ3n) is 10.4. The lowest BCUT2D eigenvalue weighted by Gasteiger charge is -2.43. The number of hydrogen-bond donors (Lipinski definition) is 0. The molecule has 5 heterocycles. The molecule has 4 aromatic rings. The molecule has 3 atom stereocenters. The van der Waals surface area contributed by atoms with Gasteiger partial charge < -0.3 is 18.8 Å². The minimum Gasteiger partial charge on any atom is -0.461 e. The molecule has 260 valence electrons. The summed E-state index contributed by atoms with van der Waals surface area (Å²) in [6.45, 7) is 10.2. The summed E-state index contributed by atoms with van der Waals surface area (Å²) in [6, 6.07) is 21.1. The first-order chi connectivity index (χ1) is 23.6. The highest BCUT2D eigenvalue weighted by Gasteiger charge is 2.51. The Morgan fingerprint density at radius 2 is 1.71 bits per heavy atom. The van der Waals surface area contributed by atoms with E-state index in [0.29, 0.717) is 50.5 Å². The van der Waals surface area contributed by atoms with E-state index in [0.717, 1.165) is 25.8 Å². The number of hydrogen-bond acceptors (Lipinski definition) is 8. The van der Waals surface area contributed by atoms with Crippen LogP contribution in [0.15, 0.2) is 66.9 Å². The molecule has 0 amide bonds. The van der Waals surface area contributed by atoms with Crippen LogP contribution < -0.4 is 20.0 Å². The van der Waals surface area contributed by atoms with Crippen molar-refractivity contribution >= 4 is 47.0 Å². The SMILES string of the molecule is CC(C)(C)[Si](OCC1CN(c2nc(OC[C@@]34CCCN3C[C@H](F)C4)nc3c(F)c(Cl)ncc23)CCCO1)(c1ccccc1)c1ccccc1. The van der Waals surface area contributed by atoms with Crippen molar-refractivity contribution in [1.29, 1.82) is 0 Å². The Morgan fingerprint density at radius 3 is 2.41 bits per heavy atom. The highest BCUT2D eigenvalue weighted by molar-refractivity contribution is 6.99. The summed E-state index contributed by atoms with van der Waals surface area (Å²) in [5, 5.41) is 2.38. The van der Waals surface area contributed by atoms with Crippen LogP contribution in [-0.4, -0.2) is 92.0 Å². The standard InChI is InChI=1S/C37H44ClF2N5O3Si/c1-36(2,3)49(28-12-6-4-7-13-28,29-14-8-5-9-15-29)48-24-27-23-44(17-11-19-46-27)34-30-21-41-33(38)31(40)32(30)42-35(43-34)47-25-37-16-10-18-45(37)22-26(39)20-37/h4-9,12-15,21,26-27H,10-11,16-20,22-25H2,1-3H3/t26-,27?,37+/m1/s1. The third kappa shape index (κ3) is 6.56. The zero-order valence-electron chi connectivity index (χ0n) is 28.4. The van der Waals surface area contributed by atoms with Gasteiger partial charge in [-0.1, -0.05) is 93.0 Å². The van der Waals surface area contributed by atoms with Gasteiger partial charge in [-0.25, -0.2) is 13.8 Å². The van der Waals surface area contributed by atoms with Gasteiger partial charge in [0, 0.05) is 38.9 Å². The molecule has 8 nitrogen and oxygen atoms in total. The van der Waals surface area contributed by atoms with E-state index >= 15 is 4.39 Å². The number of rotatable bonds is 9. The molecular formula is C37H44ClF2N5O3Si. The van der Waals surface area contributed by atoms with E-state index in [2.05, 4.69) is 89.1 Å². The highest BCUT2D eigenvalue weighted by atomic mass is 35.5. The molecule has 3 aliphatic rings.